The van der Waals surface area contributed by atoms with E-state index in [0.29, 0.717) is 29.4 Å². The maximum atomic E-state index is 11.0. The van der Waals surface area contributed by atoms with E-state index in [0.717, 1.165) is 10.9 Å². The maximum Gasteiger partial charge on any atom is 0.149 e. The summed E-state index contributed by atoms with van der Waals surface area (Å²) in [5.41, 5.74) is 1.79. The van der Waals surface area contributed by atoms with Crippen molar-refractivity contribution in [1.29, 1.82) is 5.26 Å². The van der Waals surface area contributed by atoms with Crippen molar-refractivity contribution in [3.05, 3.63) is 35.0 Å². The van der Waals surface area contributed by atoms with Gasteiger partial charge in [0.25, 0.3) is 0 Å². The van der Waals surface area contributed by atoms with Crippen LogP contribution < -0.4 is 5.32 Å². The predicted molar refractivity (Wildman–Crippen MR) is 90.5 cm³/mol. The molecule has 0 aliphatic rings. The minimum atomic E-state index is -3.02. The van der Waals surface area contributed by atoms with Gasteiger partial charge in [0.05, 0.1) is 35.7 Å². The van der Waals surface area contributed by atoms with Gasteiger partial charge in [-0.15, -0.1) is 0 Å². The molecule has 0 aliphatic carbocycles. The Kier molecular flexibility index (Phi) is 5.77. The second kappa shape index (κ2) is 7.59. The van der Waals surface area contributed by atoms with Gasteiger partial charge in [-0.1, -0.05) is 11.6 Å². The lowest BCUT2D eigenvalue weighted by molar-refractivity contribution is 0.159. The Labute approximate surface area is 140 Å². The van der Waals surface area contributed by atoms with Gasteiger partial charge >= 0.3 is 0 Å². The molecule has 2 aromatic rings. The van der Waals surface area contributed by atoms with Gasteiger partial charge in [-0.25, -0.2) is 8.42 Å². The van der Waals surface area contributed by atoms with Crippen LogP contribution >= 0.6 is 11.6 Å². The van der Waals surface area contributed by atoms with Crippen molar-refractivity contribution in [2.24, 2.45) is 0 Å². The second-order valence-electron chi connectivity index (χ2n) is 4.99. The first kappa shape index (κ1) is 17.5. The Balaban J connectivity index is 2.04. The summed E-state index contributed by atoms with van der Waals surface area (Å²) in [4.78, 5) is 4.22. The Hall–Kier alpha value is -1.88. The number of halogens is 1. The SMILES string of the molecule is CS(=O)(=O)CCOCCNc1c(C#N)cnc2ccc(Cl)cc12. The number of fused-ring (bicyclic) bond motifs is 1. The molecule has 1 aromatic carbocycles. The fourth-order valence-corrected chi connectivity index (χ4v) is 2.59. The predicted octanol–water partition coefficient (Wildman–Crippen LogP) is 2.23. The van der Waals surface area contributed by atoms with Gasteiger partial charge in [-0.2, -0.15) is 5.26 Å². The lowest BCUT2D eigenvalue weighted by atomic mass is 10.1. The molecular formula is C15H16ClN3O3S. The molecule has 1 aromatic heterocycles. The standard InChI is InChI=1S/C15H16ClN3O3S/c1-23(20,21)7-6-22-5-4-18-15-11(9-17)10-19-14-3-2-12(16)8-13(14)15/h2-3,8,10H,4-7H2,1H3,(H,18,19). The number of benzene rings is 1. The molecule has 2 rings (SSSR count). The van der Waals surface area contributed by atoms with Gasteiger partial charge in [-0.05, 0) is 18.2 Å². The summed E-state index contributed by atoms with van der Waals surface area (Å²) < 4.78 is 27.3. The third-order valence-corrected chi connectivity index (χ3v) is 4.24. The van der Waals surface area contributed by atoms with Crippen molar-refractivity contribution >= 4 is 38.0 Å². The topological polar surface area (TPSA) is 92.1 Å². The average Bonchev–Trinajstić information content (AvgIpc) is 2.49. The van der Waals surface area contributed by atoms with E-state index < -0.39 is 9.84 Å². The number of nitrogens with zero attached hydrogens (tertiary/aromatic N) is 2. The van der Waals surface area contributed by atoms with E-state index in [4.69, 9.17) is 16.3 Å². The van der Waals surface area contributed by atoms with Crippen LogP contribution in [-0.4, -0.2) is 45.2 Å². The summed E-state index contributed by atoms with van der Waals surface area (Å²) in [7, 11) is -3.02. The zero-order valence-electron chi connectivity index (χ0n) is 12.5. The van der Waals surface area contributed by atoms with Crippen LogP contribution in [0.2, 0.25) is 5.02 Å². The van der Waals surface area contributed by atoms with Gasteiger partial charge in [0.1, 0.15) is 15.9 Å². The summed E-state index contributed by atoms with van der Waals surface area (Å²) >= 11 is 6.01. The summed E-state index contributed by atoms with van der Waals surface area (Å²) in [6.07, 6.45) is 2.67. The second-order valence-corrected chi connectivity index (χ2v) is 7.69. The molecule has 0 atom stereocenters. The number of aromatic nitrogens is 1. The first-order chi connectivity index (χ1) is 10.9. The Morgan fingerprint density at radius 1 is 1.39 bits per heavy atom. The first-order valence-electron chi connectivity index (χ1n) is 6.88. The molecule has 0 aliphatic heterocycles. The summed E-state index contributed by atoms with van der Waals surface area (Å²) in [6.45, 7) is 0.906. The molecule has 0 bridgehead atoms. The van der Waals surface area contributed by atoms with Gasteiger partial charge < -0.3 is 10.1 Å². The Bertz CT molecular complexity index is 847. The van der Waals surface area contributed by atoms with Crippen LogP contribution in [0, 0.1) is 11.3 Å². The van der Waals surface area contributed by atoms with Crippen molar-refractivity contribution in [2.75, 3.05) is 37.1 Å². The number of nitrogens with one attached hydrogen (secondary N) is 1. The fourth-order valence-electron chi connectivity index (χ4n) is 2.00. The van der Waals surface area contributed by atoms with Crippen molar-refractivity contribution in [1.82, 2.24) is 4.98 Å². The monoisotopic (exact) mass is 353 g/mol. The molecule has 0 saturated carbocycles. The summed E-state index contributed by atoms with van der Waals surface area (Å²) in [5.74, 6) is -0.00968. The summed E-state index contributed by atoms with van der Waals surface area (Å²) in [5, 5.41) is 13.7. The zero-order valence-corrected chi connectivity index (χ0v) is 14.1. The molecule has 8 heteroatoms. The highest BCUT2D eigenvalue weighted by atomic mass is 35.5. The molecule has 23 heavy (non-hydrogen) atoms. The number of anilines is 1. The highest BCUT2D eigenvalue weighted by Crippen LogP contribution is 2.27. The Morgan fingerprint density at radius 2 is 2.17 bits per heavy atom. The number of sulfone groups is 1. The molecular weight excluding hydrogens is 338 g/mol. The number of hydrogen-bond acceptors (Lipinski definition) is 6. The van der Waals surface area contributed by atoms with E-state index in [1.165, 1.54) is 12.5 Å². The number of hydrogen-bond donors (Lipinski definition) is 1. The molecule has 0 unspecified atom stereocenters. The number of nitriles is 1. The first-order valence-corrected chi connectivity index (χ1v) is 9.32. The smallest absolute Gasteiger partial charge is 0.149 e. The van der Waals surface area contributed by atoms with E-state index in [-0.39, 0.29) is 12.4 Å². The van der Waals surface area contributed by atoms with Gasteiger partial charge in [0, 0.05) is 29.4 Å². The Morgan fingerprint density at radius 3 is 2.87 bits per heavy atom. The van der Waals surface area contributed by atoms with Crippen LogP contribution in [-0.2, 0) is 14.6 Å². The molecule has 6 nitrogen and oxygen atoms in total. The van der Waals surface area contributed by atoms with Gasteiger partial charge in [0.2, 0.25) is 0 Å². The highest BCUT2D eigenvalue weighted by Gasteiger charge is 2.09. The normalized spacial score (nSPS) is 11.3. The maximum absolute atomic E-state index is 11.0. The highest BCUT2D eigenvalue weighted by molar-refractivity contribution is 7.90. The lowest BCUT2D eigenvalue weighted by Crippen LogP contribution is -2.15. The quantitative estimate of drug-likeness (QED) is 0.767. The number of ether oxygens (including phenoxy) is 1. The van der Waals surface area contributed by atoms with Crippen molar-refractivity contribution < 1.29 is 13.2 Å². The molecule has 1 N–H and O–H groups in total. The molecule has 0 radical (unpaired) electrons. The van der Waals surface area contributed by atoms with E-state index >= 15 is 0 Å². The molecule has 0 fully saturated rings. The molecule has 0 amide bonds. The van der Waals surface area contributed by atoms with Crippen molar-refractivity contribution in [3.63, 3.8) is 0 Å². The minimum absolute atomic E-state index is 0.00968. The fraction of sp³-hybridized carbons (Fsp3) is 0.333. The van der Waals surface area contributed by atoms with Gasteiger partial charge in [-0.3, -0.25) is 4.98 Å². The van der Waals surface area contributed by atoms with Crippen LogP contribution in [0.5, 0.6) is 0 Å². The van der Waals surface area contributed by atoms with Crippen molar-refractivity contribution in [3.8, 4) is 6.07 Å². The van der Waals surface area contributed by atoms with Crippen LogP contribution in [0.1, 0.15) is 5.56 Å². The van der Waals surface area contributed by atoms with E-state index in [1.54, 1.807) is 18.2 Å². The average molecular weight is 354 g/mol. The van der Waals surface area contributed by atoms with Crippen LogP contribution in [0.25, 0.3) is 10.9 Å². The minimum Gasteiger partial charge on any atom is -0.381 e. The van der Waals surface area contributed by atoms with E-state index in [2.05, 4.69) is 16.4 Å². The third-order valence-electron chi connectivity index (χ3n) is 3.10. The van der Waals surface area contributed by atoms with E-state index in [1.807, 2.05) is 0 Å². The largest absolute Gasteiger partial charge is 0.381 e. The van der Waals surface area contributed by atoms with E-state index in [9.17, 15) is 13.7 Å². The lowest BCUT2D eigenvalue weighted by Gasteiger charge is -2.11. The number of rotatable bonds is 7. The van der Waals surface area contributed by atoms with Crippen molar-refractivity contribution in [2.45, 2.75) is 0 Å². The number of pyridine rings is 1. The van der Waals surface area contributed by atoms with Gasteiger partial charge in [0.15, 0.2) is 0 Å². The van der Waals surface area contributed by atoms with Crippen LogP contribution in [0.3, 0.4) is 0 Å². The zero-order chi connectivity index (χ0) is 16.9. The molecule has 0 saturated heterocycles. The van der Waals surface area contributed by atoms with Crippen LogP contribution in [0.4, 0.5) is 5.69 Å². The molecule has 0 spiro atoms. The molecule has 1 heterocycles. The molecule has 122 valence electrons. The third kappa shape index (κ3) is 5.06. The van der Waals surface area contributed by atoms with Crippen LogP contribution in [0.15, 0.2) is 24.4 Å². The summed E-state index contributed by atoms with van der Waals surface area (Å²) in [6, 6.07) is 7.36.